The van der Waals surface area contributed by atoms with Crippen molar-refractivity contribution in [3.63, 3.8) is 0 Å². The normalized spacial score (nSPS) is 15.4. The summed E-state index contributed by atoms with van der Waals surface area (Å²) in [5.74, 6) is -3.16. The molecule has 204 valence electrons. The van der Waals surface area contributed by atoms with E-state index in [2.05, 4.69) is 20.9 Å². The maximum absolute atomic E-state index is 13.1. The molecule has 8 N–H and O–H groups in total. The Labute approximate surface area is 220 Å². The molecule has 0 bridgehead atoms. The van der Waals surface area contributed by atoms with Gasteiger partial charge in [-0.2, -0.15) is 11.8 Å². The number of aliphatic hydroxyl groups is 1. The van der Waals surface area contributed by atoms with E-state index in [0.717, 1.165) is 16.5 Å². The molecule has 11 nitrogen and oxygen atoms in total. The largest absolute Gasteiger partial charge is 0.480 e. The molecule has 2 rings (SSSR count). The zero-order valence-electron chi connectivity index (χ0n) is 21.5. The Morgan fingerprint density at radius 1 is 1.00 bits per heavy atom. The third-order valence-electron chi connectivity index (χ3n) is 5.99. The monoisotopic (exact) mass is 535 g/mol. The highest BCUT2D eigenvalue weighted by atomic mass is 32.2. The molecule has 0 saturated heterocycles. The maximum atomic E-state index is 13.1. The molecule has 1 aromatic carbocycles. The second-order valence-electron chi connectivity index (χ2n) is 9.31. The number of fused-ring (bicyclic) bond motifs is 1. The Kier molecular flexibility index (Phi) is 11.4. The van der Waals surface area contributed by atoms with Crippen molar-refractivity contribution in [2.45, 2.75) is 63.9 Å². The number of aliphatic carboxylic acids is 1. The first-order valence-electron chi connectivity index (χ1n) is 12.1. The van der Waals surface area contributed by atoms with Crippen LogP contribution >= 0.6 is 11.8 Å². The highest BCUT2D eigenvalue weighted by molar-refractivity contribution is 7.98. The number of nitrogens with one attached hydrogen (secondary N) is 4. The van der Waals surface area contributed by atoms with Gasteiger partial charge in [0.1, 0.15) is 18.1 Å². The molecule has 12 heteroatoms. The zero-order valence-corrected chi connectivity index (χ0v) is 22.3. The number of nitrogens with two attached hydrogens (primary N) is 1. The van der Waals surface area contributed by atoms with Gasteiger partial charge in [0, 0.05) is 17.1 Å². The van der Waals surface area contributed by atoms with Crippen molar-refractivity contribution < 1.29 is 29.4 Å². The third kappa shape index (κ3) is 8.48. The van der Waals surface area contributed by atoms with Crippen LogP contribution in [0.3, 0.4) is 0 Å². The summed E-state index contributed by atoms with van der Waals surface area (Å²) >= 11 is 1.47. The molecule has 2 aromatic rings. The highest BCUT2D eigenvalue weighted by Gasteiger charge is 2.33. The molecule has 5 atom stereocenters. The standard InChI is InChI=1S/C25H37N5O6S/c1-13(2)20(25(35)36)29-24(34)21(14(3)31)30-23(33)19(9-10-37-4)28-22(32)17(26)11-15-12-27-18-8-6-5-7-16(15)18/h5-8,12-14,17,19-21,27,31H,9-11,26H2,1-4H3,(H,28,32)(H,29,34)(H,30,33)(H,35,36). The van der Waals surface area contributed by atoms with Crippen molar-refractivity contribution in [1.82, 2.24) is 20.9 Å². The van der Waals surface area contributed by atoms with E-state index in [0.29, 0.717) is 5.75 Å². The molecule has 0 aliphatic heterocycles. The number of aromatic nitrogens is 1. The molecule has 0 radical (unpaired) electrons. The van der Waals surface area contributed by atoms with Gasteiger partial charge in [0.2, 0.25) is 17.7 Å². The van der Waals surface area contributed by atoms with Crippen LogP contribution in [0.5, 0.6) is 0 Å². The summed E-state index contributed by atoms with van der Waals surface area (Å²) in [6, 6.07) is 3.09. The van der Waals surface area contributed by atoms with Crippen LogP contribution in [0.25, 0.3) is 10.9 Å². The van der Waals surface area contributed by atoms with E-state index in [-0.39, 0.29) is 12.8 Å². The zero-order chi connectivity index (χ0) is 27.7. The summed E-state index contributed by atoms with van der Waals surface area (Å²) < 4.78 is 0. The van der Waals surface area contributed by atoms with Gasteiger partial charge in [-0.15, -0.1) is 0 Å². The van der Waals surface area contributed by atoms with Crippen LogP contribution in [0.4, 0.5) is 0 Å². The summed E-state index contributed by atoms with van der Waals surface area (Å²) in [5, 5.41) is 27.9. The lowest BCUT2D eigenvalue weighted by Crippen LogP contribution is -2.60. The van der Waals surface area contributed by atoms with Crippen molar-refractivity contribution in [3.8, 4) is 0 Å². The number of thioether (sulfide) groups is 1. The van der Waals surface area contributed by atoms with Gasteiger partial charge in [-0.1, -0.05) is 32.0 Å². The lowest BCUT2D eigenvalue weighted by Gasteiger charge is -2.27. The third-order valence-corrected chi connectivity index (χ3v) is 6.63. The van der Waals surface area contributed by atoms with Gasteiger partial charge in [0.15, 0.2) is 0 Å². The minimum absolute atomic E-state index is 0.247. The quantitative estimate of drug-likeness (QED) is 0.181. The molecule has 0 spiro atoms. The molecule has 0 fully saturated rings. The van der Waals surface area contributed by atoms with Crippen LogP contribution in [0.2, 0.25) is 0 Å². The number of hydrogen-bond donors (Lipinski definition) is 7. The number of carboxylic acid groups (broad SMARTS) is 1. The number of hydrogen-bond acceptors (Lipinski definition) is 7. The van der Waals surface area contributed by atoms with Crippen LogP contribution < -0.4 is 21.7 Å². The Hall–Kier alpha value is -3.09. The van der Waals surface area contributed by atoms with Crippen molar-refractivity contribution in [2.75, 3.05) is 12.0 Å². The number of aliphatic hydroxyl groups excluding tert-OH is 1. The van der Waals surface area contributed by atoms with E-state index < -0.39 is 59.9 Å². The maximum Gasteiger partial charge on any atom is 0.326 e. The number of rotatable bonds is 14. The molecule has 1 heterocycles. The van der Waals surface area contributed by atoms with Gasteiger partial charge in [0.25, 0.3) is 0 Å². The van der Waals surface area contributed by atoms with E-state index in [1.165, 1.54) is 18.7 Å². The molecule has 0 aliphatic carbocycles. The molecular weight excluding hydrogens is 498 g/mol. The van der Waals surface area contributed by atoms with Crippen LogP contribution in [-0.4, -0.2) is 81.2 Å². The number of para-hydroxylation sites is 1. The second-order valence-corrected chi connectivity index (χ2v) is 10.3. The number of amides is 3. The van der Waals surface area contributed by atoms with Gasteiger partial charge in [-0.05, 0) is 49.3 Å². The second kappa shape index (κ2) is 14.0. The molecule has 3 amide bonds. The predicted molar refractivity (Wildman–Crippen MR) is 143 cm³/mol. The number of carbonyl (C=O) groups excluding carboxylic acids is 3. The Bertz CT molecular complexity index is 1090. The van der Waals surface area contributed by atoms with Crippen LogP contribution in [0.1, 0.15) is 32.8 Å². The van der Waals surface area contributed by atoms with Gasteiger partial charge in [-0.3, -0.25) is 14.4 Å². The van der Waals surface area contributed by atoms with E-state index in [1.54, 1.807) is 20.0 Å². The van der Waals surface area contributed by atoms with Crippen molar-refractivity contribution in [1.29, 1.82) is 0 Å². The Morgan fingerprint density at radius 2 is 1.65 bits per heavy atom. The molecule has 1 aromatic heterocycles. The fourth-order valence-electron chi connectivity index (χ4n) is 3.83. The summed E-state index contributed by atoms with van der Waals surface area (Å²) in [6.45, 7) is 4.56. The number of benzene rings is 1. The molecule has 0 saturated carbocycles. The van der Waals surface area contributed by atoms with Crippen LogP contribution in [-0.2, 0) is 25.6 Å². The minimum Gasteiger partial charge on any atom is -0.480 e. The fourth-order valence-corrected chi connectivity index (χ4v) is 4.30. The molecule has 0 aliphatic rings. The molecule has 37 heavy (non-hydrogen) atoms. The van der Waals surface area contributed by atoms with Gasteiger partial charge in [0.05, 0.1) is 12.1 Å². The lowest BCUT2D eigenvalue weighted by atomic mass is 10.0. The van der Waals surface area contributed by atoms with Crippen LogP contribution in [0.15, 0.2) is 30.5 Å². The topological polar surface area (TPSA) is 187 Å². The van der Waals surface area contributed by atoms with Crippen LogP contribution in [0, 0.1) is 5.92 Å². The van der Waals surface area contributed by atoms with Gasteiger partial charge >= 0.3 is 5.97 Å². The first-order chi connectivity index (χ1) is 17.5. The number of carboxylic acids is 1. The van der Waals surface area contributed by atoms with Gasteiger partial charge < -0.3 is 36.9 Å². The average molecular weight is 536 g/mol. The number of aromatic amines is 1. The van der Waals surface area contributed by atoms with Crippen molar-refractivity contribution >= 4 is 46.4 Å². The summed E-state index contributed by atoms with van der Waals surface area (Å²) in [7, 11) is 0. The predicted octanol–water partition coefficient (Wildman–Crippen LogP) is 0.367. The highest BCUT2D eigenvalue weighted by Crippen LogP contribution is 2.19. The lowest BCUT2D eigenvalue weighted by molar-refractivity contribution is -0.144. The van der Waals surface area contributed by atoms with E-state index in [4.69, 9.17) is 5.73 Å². The average Bonchev–Trinajstić information content (AvgIpc) is 3.25. The first-order valence-corrected chi connectivity index (χ1v) is 13.5. The fraction of sp³-hybridized carbons (Fsp3) is 0.520. The summed E-state index contributed by atoms with van der Waals surface area (Å²) in [6.07, 6.45) is 2.84. The minimum atomic E-state index is -1.42. The van der Waals surface area contributed by atoms with Crippen molar-refractivity contribution in [2.24, 2.45) is 11.7 Å². The molecule has 5 unspecified atom stereocenters. The summed E-state index contributed by atoms with van der Waals surface area (Å²) in [5.41, 5.74) is 7.95. The Morgan fingerprint density at radius 3 is 2.24 bits per heavy atom. The smallest absolute Gasteiger partial charge is 0.326 e. The molecular formula is C25H37N5O6S. The SMILES string of the molecule is CSCCC(NC(=O)C(N)Cc1c[nH]c2ccccc12)C(=O)NC(C(=O)NC(C(=O)O)C(C)C)C(C)O. The first kappa shape index (κ1) is 30.1. The van der Waals surface area contributed by atoms with Gasteiger partial charge in [-0.25, -0.2) is 4.79 Å². The van der Waals surface area contributed by atoms with Crippen molar-refractivity contribution in [3.05, 3.63) is 36.0 Å². The summed E-state index contributed by atoms with van der Waals surface area (Å²) in [4.78, 5) is 53.3. The number of H-pyrrole nitrogens is 1. The number of carbonyl (C=O) groups is 4. The van der Waals surface area contributed by atoms with E-state index in [9.17, 15) is 29.4 Å². The van der Waals surface area contributed by atoms with E-state index in [1.807, 2.05) is 30.5 Å². The van der Waals surface area contributed by atoms with E-state index >= 15 is 0 Å². The Balaban J connectivity index is 2.10.